The molecule has 1 N–H and O–H groups in total. The molecule has 0 unspecified atom stereocenters. The molecule has 1 saturated heterocycles. The Morgan fingerprint density at radius 3 is 2.15 bits per heavy atom. The highest BCUT2D eigenvalue weighted by molar-refractivity contribution is 5.52. The maximum atomic E-state index is 17.8. The summed E-state index contributed by atoms with van der Waals surface area (Å²) in [5.41, 5.74) is 3.52. The van der Waals surface area contributed by atoms with Gasteiger partial charge in [-0.15, -0.1) is 0 Å². The minimum absolute atomic E-state index is 0.00704. The van der Waals surface area contributed by atoms with Gasteiger partial charge in [0.25, 0.3) is 0 Å². The topological polar surface area (TPSA) is 83.8 Å². The van der Waals surface area contributed by atoms with Crippen LogP contribution in [0.15, 0.2) is 60.9 Å². The van der Waals surface area contributed by atoms with Crippen LogP contribution in [0.4, 0.5) is 38.0 Å². The quantitative estimate of drug-likeness (QED) is 0.141. The summed E-state index contributed by atoms with van der Waals surface area (Å²) >= 11 is 0. The molecule has 0 amide bonds. The summed E-state index contributed by atoms with van der Waals surface area (Å²) in [5.74, 6) is -2.27. The zero-order valence-electron chi connectivity index (χ0n) is 34.0. The Balaban J connectivity index is 1.32. The van der Waals surface area contributed by atoms with Gasteiger partial charge in [-0.25, -0.2) is 23.1 Å². The van der Waals surface area contributed by atoms with E-state index in [1.165, 1.54) is 12.1 Å². The molecule has 4 aromatic rings. The third-order valence-corrected chi connectivity index (χ3v) is 12.3. The van der Waals surface area contributed by atoms with Crippen LogP contribution < -0.4 is 14.5 Å². The van der Waals surface area contributed by atoms with Gasteiger partial charge in [-0.2, -0.15) is 13.2 Å². The molecule has 0 bridgehead atoms. The molecule has 2 atom stereocenters. The number of rotatable bonds is 12. The van der Waals surface area contributed by atoms with Crippen LogP contribution >= 0.6 is 0 Å². The highest BCUT2D eigenvalue weighted by atomic mass is 19.4. The van der Waals surface area contributed by atoms with Gasteiger partial charge in [0.2, 0.25) is 11.9 Å². The zero-order chi connectivity index (χ0) is 42.1. The maximum absolute atomic E-state index is 17.8. The molecule has 318 valence electrons. The highest BCUT2D eigenvalue weighted by Crippen LogP contribution is 2.53. The Hall–Kier alpha value is -4.43. The van der Waals surface area contributed by atoms with Gasteiger partial charge < -0.3 is 24.4 Å². The van der Waals surface area contributed by atoms with E-state index < -0.39 is 35.9 Å². The predicted octanol–water partition coefficient (Wildman–Crippen LogP) is 10.3. The summed E-state index contributed by atoms with van der Waals surface area (Å²) in [7, 11) is 3.43. The molecule has 0 radical (unpaired) electrons. The number of benzene rings is 2. The number of aliphatic hydroxyl groups is 1. The van der Waals surface area contributed by atoms with E-state index in [1.54, 1.807) is 19.5 Å². The molecular weight excluding hydrogens is 773 g/mol. The average Bonchev–Trinajstić information content (AvgIpc) is 3.21. The molecule has 59 heavy (non-hydrogen) atoms. The van der Waals surface area contributed by atoms with Gasteiger partial charge in [0.1, 0.15) is 5.75 Å². The summed E-state index contributed by atoms with van der Waals surface area (Å²) < 4.78 is 101. The van der Waals surface area contributed by atoms with Crippen molar-refractivity contribution in [1.29, 1.82) is 0 Å². The van der Waals surface area contributed by atoms with E-state index in [0.717, 1.165) is 34.6 Å². The number of hydrogen-bond acceptors (Lipinski definition) is 8. The van der Waals surface area contributed by atoms with Gasteiger partial charge in [-0.3, -0.25) is 4.98 Å². The minimum Gasteiger partial charge on any atom is -0.497 e. The van der Waals surface area contributed by atoms with Crippen molar-refractivity contribution in [3.8, 4) is 5.75 Å². The molecule has 1 saturated carbocycles. The molecule has 0 spiro atoms. The minimum atomic E-state index is -4.60. The Morgan fingerprint density at radius 1 is 0.915 bits per heavy atom. The number of anilines is 2. The lowest BCUT2D eigenvalue weighted by Gasteiger charge is -2.42. The SMILES string of the molecule is COc1ccc(CO[C@H]2CC(C)(C)Cc3nc(C4CCN(c5ncc(N(C)CCO)cn5)CC4)c([C@@H](F)c4ccc(C(F)(F)F)cc4)c(C4CCC(F)(F)CC4)c32)cc1. The van der Waals surface area contributed by atoms with Crippen LogP contribution in [0.1, 0.15) is 128 Å². The van der Waals surface area contributed by atoms with E-state index in [9.17, 15) is 27.1 Å². The number of ether oxygens (including phenoxy) is 2. The molecule has 8 nitrogen and oxygen atoms in total. The lowest BCUT2D eigenvalue weighted by atomic mass is 9.68. The van der Waals surface area contributed by atoms with E-state index >= 15 is 4.39 Å². The molecule has 2 aliphatic carbocycles. The highest BCUT2D eigenvalue weighted by Gasteiger charge is 2.44. The van der Waals surface area contributed by atoms with Crippen molar-refractivity contribution in [2.75, 3.05) is 50.2 Å². The first-order valence-electron chi connectivity index (χ1n) is 20.4. The lowest BCUT2D eigenvalue weighted by Crippen LogP contribution is -2.36. The maximum Gasteiger partial charge on any atom is 0.416 e. The third-order valence-electron chi connectivity index (χ3n) is 12.3. The zero-order valence-corrected chi connectivity index (χ0v) is 34.0. The predicted molar refractivity (Wildman–Crippen MR) is 214 cm³/mol. The fraction of sp³-hybridized carbons (Fsp3) is 0.533. The van der Waals surface area contributed by atoms with Crippen LogP contribution in [0.3, 0.4) is 0 Å². The van der Waals surface area contributed by atoms with Crippen LogP contribution in [-0.4, -0.2) is 66.4 Å². The summed E-state index contributed by atoms with van der Waals surface area (Å²) in [6.45, 7) is 6.02. The standard InChI is InChI=1S/C45H53F6N5O3/c1-43(2)23-35-38(36(24-43)59-27-28-5-11-34(58-4)12-6-28)37(29-13-17-44(47,48)18-14-29)39(40(46)30-7-9-32(10-8-30)45(49,50)51)41(54-35)31-15-19-56(20-16-31)42-52-25-33(26-53-42)55(3)21-22-57/h5-12,25-26,29,31,36,40,57H,13-24,27H2,1-4H3/t36-,40-/m0/s1. The van der Waals surface area contributed by atoms with Crippen molar-refractivity contribution in [3.63, 3.8) is 0 Å². The Labute approximate surface area is 342 Å². The van der Waals surface area contributed by atoms with Crippen molar-refractivity contribution < 1.29 is 40.9 Å². The van der Waals surface area contributed by atoms with Crippen LogP contribution in [-0.2, 0) is 23.9 Å². The molecule has 3 aliphatic rings. The number of nitrogens with zero attached hydrogens (tertiary/aromatic N) is 5. The van der Waals surface area contributed by atoms with Crippen molar-refractivity contribution in [1.82, 2.24) is 15.0 Å². The van der Waals surface area contributed by atoms with Crippen LogP contribution in [0.25, 0.3) is 0 Å². The third kappa shape index (κ3) is 9.64. The fourth-order valence-electron chi connectivity index (χ4n) is 9.05. The number of pyridine rings is 1. The van der Waals surface area contributed by atoms with E-state index in [1.807, 2.05) is 36.2 Å². The van der Waals surface area contributed by atoms with Crippen molar-refractivity contribution in [2.24, 2.45) is 5.41 Å². The summed E-state index contributed by atoms with van der Waals surface area (Å²) in [6.07, 6.45) is -1.76. The van der Waals surface area contributed by atoms with Crippen LogP contribution in [0.5, 0.6) is 5.75 Å². The number of likely N-dealkylation sites (N-methyl/N-ethyl adjacent to an activating group) is 1. The number of aromatic nitrogens is 3. The Bertz CT molecular complexity index is 2030. The average molecular weight is 826 g/mol. The van der Waals surface area contributed by atoms with Crippen LogP contribution in [0.2, 0.25) is 0 Å². The number of fused-ring (bicyclic) bond motifs is 1. The normalized spacial score (nSPS) is 20.3. The number of hydrogen-bond donors (Lipinski definition) is 1. The van der Waals surface area contributed by atoms with E-state index in [4.69, 9.17) is 14.5 Å². The van der Waals surface area contributed by atoms with E-state index in [-0.39, 0.29) is 61.4 Å². The van der Waals surface area contributed by atoms with E-state index in [2.05, 4.69) is 28.7 Å². The monoisotopic (exact) mass is 825 g/mol. The van der Waals surface area contributed by atoms with Gasteiger partial charge in [-0.05, 0) is 90.8 Å². The molecular formula is C45H53F6N5O3. The number of methoxy groups -OCH3 is 1. The summed E-state index contributed by atoms with van der Waals surface area (Å²) in [6, 6.07) is 11.7. The van der Waals surface area contributed by atoms with Gasteiger partial charge >= 0.3 is 6.18 Å². The summed E-state index contributed by atoms with van der Waals surface area (Å²) in [4.78, 5) is 18.4. The molecule has 3 heterocycles. The largest absolute Gasteiger partial charge is 0.497 e. The van der Waals surface area contributed by atoms with Gasteiger partial charge in [0, 0.05) is 62.3 Å². The van der Waals surface area contributed by atoms with E-state index in [0.29, 0.717) is 68.3 Å². The molecule has 2 aromatic carbocycles. The second-order valence-corrected chi connectivity index (χ2v) is 17.1. The Morgan fingerprint density at radius 2 is 1.56 bits per heavy atom. The number of piperidine rings is 1. The fourth-order valence-corrected chi connectivity index (χ4v) is 9.05. The van der Waals surface area contributed by atoms with Gasteiger partial charge in [0.05, 0.1) is 55.8 Å². The molecule has 1 aliphatic heterocycles. The molecule has 2 aromatic heterocycles. The first-order chi connectivity index (χ1) is 28.1. The van der Waals surface area contributed by atoms with Crippen molar-refractivity contribution >= 4 is 11.6 Å². The second kappa shape index (κ2) is 17.3. The van der Waals surface area contributed by atoms with Crippen molar-refractivity contribution in [2.45, 2.75) is 108 Å². The van der Waals surface area contributed by atoms with Gasteiger partial charge in [-0.1, -0.05) is 38.1 Å². The Kier molecular flexibility index (Phi) is 12.5. The number of alkyl halides is 6. The van der Waals surface area contributed by atoms with Crippen LogP contribution in [0, 0.1) is 5.41 Å². The molecule has 2 fully saturated rings. The van der Waals surface area contributed by atoms with Crippen molar-refractivity contribution in [3.05, 3.63) is 106 Å². The number of aliphatic hydroxyl groups excluding tert-OH is 1. The first kappa shape index (κ1) is 42.7. The van der Waals surface area contributed by atoms with Gasteiger partial charge in [0.15, 0.2) is 6.17 Å². The molecule has 14 heteroatoms. The number of halogens is 6. The first-order valence-corrected chi connectivity index (χ1v) is 20.4. The molecule has 7 rings (SSSR count). The summed E-state index contributed by atoms with van der Waals surface area (Å²) in [5, 5.41) is 9.33. The lowest BCUT2D eigenvalue weighted by molar-refractivity contribution is -0.137. The second-order valence-electron chi connectivity index (χ2n) is 17.1. The smallest absolute Gasteiger partial charge is 0.416 e.